The minimum atomic E-state index is 0.0293. The summed E-state index contributed by atoms with van der Waals surface area (Å²) in [5.41, 5.74) is 5.62. The van der Waals surface area contributed by atoms with Crippen molar-refractivity contribution in [2.75, 3.05) is 6.54 Å². The summed E-state index contributed by atoms with van der Waals surface area (Å²) in [5, 5.41) is 3.13. The molecule has 0 atom stereocenters. The molecule has 5 heteroatoms. The molecular formula is C13H23N3OS. The molecule has 2 aliphatic carbocycles. The molecular weight excluding hydrogens is 246 g/mol. The number of nitrogens with two attached hydrogens (primary N) is 1. The summed E-state index contributed by atoms with van der Waals surface area (Å²) in [6.45, 7) is 0.415. The first-order valence-electron chi connectivity index (χ1n) is 7.02. The van der Waals surface area contributed by atoms with Crippen molar-refractivity contribution in [2.45, 2.75) is 63.5 Å². The molecule has 0 spiro atoms. The monoisotopic (exact) mass is 269 g/mol. The van der Waals surface area contributed by atoms with Gasteiger partial charge in [-0.2, -0.15) is 0 Å². The van der Waals surface area contributed by atoms with E-state index in [2.05, 4.69) is 5.32 Å². The Labute approximate surface area is 114 Å². The van der Waals surface area contributed by atoms with Crippen molar-refractivity contribution < 1.29 is 4.79 Å². The summed E-state index contributed by atoms with van der Waals surface area (Å²) < 4.78 is 0. The van der Waals surface area contributed by atoms with Crippen LogP contribution in [0, 0.1) is 0 Å². The number of hydrogen-bond donors (Lipinski definition) is 2. The molecule has 3 N–H and O–H groups in total. The van der Waals surface area contributed by atoms with Crippen molar-refractivity contribution >= 4 is 23.2 Å². The van der Waals surface area contributed by atoms with Gasteiger partial charge in [-0.05, 0) is 25.7 Å². The molecule has 102 valence electrons. The summed E-state index contributed by atoms with van der Waals surface area (Å²) in [7, 11) is 0. The molecule has 2 fully saturated rings. The Bertz CT molecular complexity index is 309. The van der Waals surface area contributed by atoms with Crippen molar-refractivity contribution in [1.29, 1.82) is 0 Å². The number of hydrogen-bond acceptors (Lipinski definition) is 2. The van der Waals surface area contributed by atoms with Gasteiger partial charge in [0.15, 0.2) is 0 Å². The Morgan fingerprint density at radius 1 is 1.17 bits per heavy atom. The molecule has 4 nitrogen and oxygen atoms in total. The first-order chi connectivity index (χ1) is 8.66. The first kappa shape index (κ1) is 13.6. The Kier molecular flexibility index (Phi) is 4.80. The van der Waals surface area contributed by atoms with E-state index in [0.29, 0.717) is 23.6 Å². The minimum absolute atomic E-state index is 0.0293. The molecule has 2 saturated carbocycles. The van der Waals surface area contributed by atoms with Crippen LogP contribution in [0.5, 0.6) is 0 Å². The van der Waals surface area contributed by atoms with Crippen LogP contribution in [-0.4, -0.2) is 34.5 Å². The molecule has 0 aliphatic heterocycles. The number of nitrogens with one attached hydrogen (secondary N) is 1. The Morgan fingerprint density at radius 3 is 2.28 bits per heavy atom. The highest BCUT2D eigenvalue weighted by molar-refractivity contribution is 7.80. The van der Waals surface area contributed by atoms with Crippen molar-refractivity contribution in [3.05, 3.63) is 0 Å². The number of thiocarbonyl (C=S) groups is 1. The Morgan fingerprint density at radius 2 is 1.72 bits per heavy atom. The van der Waals surface area contributed by atoms with E-state index in [4.69, 9.17) is 18.0 Å². The van der Waals surface area contributed by atoms with Crippen LogP contribution in [0.1, 0.15) is 51.4 Å². The average Bonchev–Trinajstić information content (AvgIpc) is 2.97. The van der Waals surface area contributed by atoms with Crippen LogP contribution in [0.15, 0.2) is 0 Å². The van der Waals surface area contributed by atoms with Gasteiger partial charge in [0.1, 0.15) is 0 Å². The molecule has 0 radical (unpaired) electrons. The Balaban J connectivity index is 1.93. The number of urea groups is 1. The molecule has 2 rings (SSSR count). The molecule has 0 bridgehead atoms. The van der Waals surface area contributed by atoms with Gasteiger partial charge < -0.3 is 16.0 Å². The van der Waals surface area contributed by atoms with Crippen molar-refractivity contribution in [2.24, 2.45) is 5.73 Å². The van der Waals surface area contributed by atoms with E-state index in [0.717, 1.165) is 25.7 Å². The molecule has 0 aromatic rings. The van der Waals surface area contributed by atoms with Crippen LogP contribution >= 0.6 is 12.2 Å². The molecule has 0 unspecified atom stereocenters. The van der Waals surface area contributed by atoms with E-state index in [1.807, 2.05) is 4.90 Å². The summed E-state index contributed by atoms with van der Waals surface area (Å²) in [5.74, 6) is 0. The normalized spacial score (nSPS) is 21.1. The predicted molar refractivity (Wildman–Crippen MR) is 76.5 cm³/mol. The van der Waals surface area contributed by atoms with Crippen molar-refractivity contribution in [1.82, 2.24) is 10.2 Å². The summed E-state index contributed by atoms with van der Waals surface area (Å²) in [6.07, 6.45) is 9.24. The van der Waals surface area contributed by atoms with Gasteiger partial charge in [0.25, 0.3) is 0 Å². The number of carbonyl (C=O) groups excluding carboxylic acids is 1. The average molecular weight is 269 g/mol. The molecule has 2 amide bonds. The van der Waals surface area contributed by atoms with E-state index in [1.54, 1.807) is 0 Å². The molecule has 0 aromatic carbocycles. The maximum atomic E-state index is 12.3. The highest BCUT2D eigenvalue weighted by atomic mass is 32.1. The maximum Gasteiger partial charge on any atom is 0.318 e. The van der Waals surface area contributed by atoms with Gasteiger partial charge in [0.05, 0.1) is 11.5 Å². The van der Waals surface area contributed by atoms with Gasteiger partial charge in [-0.25, -0.2) is 4.79 Å². The molecule has 0 aromatic heterocycles. The van der Waals surface area contributed by atoms with Gasteiger partial charge >= 0.3 is 6.03 Å². The number of nitrogens with zero attached hydrogens (tertiary/aromatic N) is 1. The van der Waals surface area contributed by atoms with E-state index in [1.165, 1.54) is 25.7 Å². The molecule has 0 saturated heterocycles. The molecule has 0 heterocycles. The van der Waals surface area contributed by atoms with Crippen LogP contribution in [0.3, 0.4) is 0 Å². The van der Waals surface area contributed by atoms with E-state index < -0.39 is 0 Å². The van der Waals surface area contributed by atoms with Crippen LogP contribution in [0.25, 0.3) is 0 Å². The lowest BCUT2D eigenvalue weighted by Gasteiger charge is -2.30. The molecule has 18 heavy (non-hydrogen) atoms. The summed E-state index contributed by atoms with van der Waals surface area (Å²) in [4.78, 5) is 14.6. The van der Waals surface area contributed by atoms with Gasteiger partial charge in [-0.1, -0.05) is 37.9 Å². The highest BCUT2D eigenvalue weighted by Crippen LogP contribution is 2.24. The fourth-order valence-corrected chi connectivity index (χ4v) is 3.22. The third-order valence-corrected chi connectivity index (χ3v) is 4.16. The fraction of sp³-hybridized carbons (Fsp3) is 0.846. The maximum absolute atomic E-state index is 12.3. The smallest absolute Gasteiger partial charge is 0.318 e. The van der Waals surface area contributed by atoms with E-state index in [9.17, 15) is 4.79 Å². The van der Waals surface area contributed by atoms with Gasteiger partial charge in [-0.15, -0.1) is 0 Å². The lowest BCUT2D eigenvalue weighted by Crippen LogP contribution is -2.50. The fourth-order valence-electron chi connectivity index (χ4n) is 3.08. The topological polar surface area (TPSA) is 58.4 Å². The third-order valence-electron chi connectivity index (χ3n) is 4.04. The number of amides is 2. The SMILES string of the molecule is NC(=S)CN(C(=O)NC1CCCC1)C1CCCC1. The quantitative estimate of drug-likeness (QED) is 0.769. The molecule has 2 aliphatic rings. The zero-order valence-corrected chi connectivity index (χ0v) is 11.7. The van der Waals surface area contributed by atoms with Crippen LogP contribution in [-0.2, 0) is 0 Å². The highest BCUT2D eigenvalue weighted by Gasteiger charge is 2.28. The van der Waals surface area contributed by atoms with Gasteiger partial charge in [0, 0.05) is 12.1 Å². The second-order valence-corrected chi connectivity index (χ2v) is 5.99. The van der Waals surface area contributed by atoms with Crippen LogP contribution < -0.4 is 11.1 Å². The third kappa shape index (κ3) is 3.57. The van der Waals surface area contributed by atoms with E-state index >= 15 is 0 Å². The zero-order chi connectivity index (χ0) is 13.0. The summed E-state index contributed by atoms with van der Waals surface area (Å²) in [6, 6.07) is 0.710. The Hall–Kier alpha value is -0.840. The largest absolute Gasteiger partial charge is 0.392 e. The van der Waals surface area contributed by atoms with Crippen molar-refractivity contribution in [3.63, 3.8) is 0 Å². The number of rotatable bonds is 4. The van der Waals surface area contributed by atoms with Crippen molar-refractivity contribution in [3.8, 4) is 0 Å². The van der Waals surface area contributed by atoms with Crippen LogP contribution in [0.2, 0.25) is 0 Å². The summed E-state index contributed by atoms with van der Waals surface area (Å²) >= 11 is 4.97. The predicted octanol–water partition coefficient (Wildman–Crippen LogP) is 2.17. The lowest BCUT2D eigenvalue weighted by molar-refractivity contribution is 0.181. The standard InChI is InChI=1S/C13H23N3OS/c14-12(18)9-16(11-7-3-4-8-11)13(17)15-10-5-1-2-6-10/h10-11H,1-9H2,(H2,14,18)(H,15,17). The minimum Gasteiger partial charge on any atom is -0.392 e. The van der Waals surface area contributed by atoms with Crippen LogP contribution in [0.4, 0.5) is 4.79 Å². The van der Waals surface area contributed by atoms with Gasteiger partial charge in [-0.3, -0.25) is 0 Å². The zero-order valence-electron chi connectivity index (χ0n) is 10.9. The number of carbonyl (C=O) groups is 1. The van der Waals surface area contributed by atoms with Gasteiger partial charge in [0.2, 0.25) is 0 Å². The lowest BCUT2D eigenvalue weighted by atomic mass is 10.2. The second kappa shape index (κ2) is 6.36. The second-order valence-electron chi connectivity index (χ2n) is 5.46. The first-order valence-corrected chi connectivity index (χ1v) is 7.43. The van der Waals surface area contributed by atoms with E-state index in [-0.39, 0.29) is 6.03 Å².